The standard InChI is InChI=1S/C9H9ClN2O5/c10-3-1-12-8-6(5(14)4(2-13)16-8)17-9(12)11-7(3)15/h1,4-6,8,13-14H,2H2/t4?,5-,6+,8+/m0/s1. The predicted octanol–water partition coefficient (Wildman–Crippen LogP) is -1.09. The highest BCUT2D eigenvalue weighted by Crippen LogP contribution is 2.39. The van der Waals surface area contributed by atoms with Crippen LogP contribution in [0.3, 0.4) is 0 Å². The second-order valence-corrected chi connectivity index (χ2v) is 4.31. The van der Waals surface area contributed by atoms with Gasteiger partial charge in [-0.1, -0.05) is 11.6 Å². The third kappa shape index (κ3) is 1.47. The number of halogens is 1. The highest BCUT2D eigenvalue weighted by Gasteiger charge is 2.51. The molecule has 2 aliphatic heterocycles. The normalized spacial score (nSPS) is 34.3. The van der Waals surface area contributed by atoms with Gasteiger partial charge in [0.25, 0.3) is 5.56 Å². The Bertz CT molecular complexity index is 519. The number of nitrogens with zero attached hydrogens (tertiary/aromatic N) is 2. The van der Waals surface area contributed by atoms with Gasteiger partial charge in [-0.05, 0) is 0 Å². The van der Waals surface area contributed by atoms with Gasteiger partial charge in [0.1, 0.15) is 17.2 Å². The molecule has 1 aromatic heterocycles. The van der Waals surface area contributed by atoms with Crippen molar-refractivity contribution in [1.29, 1.82) is 0 Å². The molecule has 1 unspecified atom stereocenters. The molecule has 3 heterocycles. The number of aromatic nitrogens is 2. The molecule has 0 aromatic carbocycles. The van der Waals surface area contributed by atoms with E-state index in [9.17, 15) is 9.90 Å². The van der Waals surface area contributed by atoms with Gasteiger partial charge in [-0.15, -0.1) is 0 Å². The molecule has 2 aliphatic rings. The topological polar surface area (TPSA) is 93.8 Å². The fraction of sp³-hybridized carbons (Fsp3) is 0.556. The van der Waals surface area contributed by atoms with Gasteiger partial charge in [-0.3, -0.25) is 9.36 Å². The van der Waals surface area contributed by atoms with Crippen LogP contribution < -0.4 is 10.3 Å². The monoisotopic (exact) mass is 260 g/mol. The zero-order valence-corrected chi connectivity index (χ0v) is 9.24. The molecule has 17 heavy (non-hydrogen) atoms. The van der Waals surface area contributed by atoms with E-state index in [4.69, 9.17) is 26.2 Å². The minimum absolute atomic E-state index is 0.0523. The molecule has 0 amide bonds. The molecule has 1 saturated heterocycles. The van der Waals surface area contributed by atoms with Crippen LogP contribution in [-0.4, -0.2) is 44.7 Å². The van der Waals surface area contributed by atoms with Crippen LogP contribution in [0.2, 0.25) is 5.02 Å². The van der Waals surface area contributed by atoms with Crippen LogP contribution in [0.5, 0.6) is 6.01 Å². The van der Waals surface area contributed by atoms with Gasteiger partial charge in [0.2, 0.25) is 0 Å². The van der Waals surface area contributed by atoms with E-state index in [1.165, 1.54) is 10.8 Å². The molecule has 0 spiro atoms. The second kappa shape index (κ2) is 3.67. The molecule has 4 atom stereocenters. The van der Waals surface area contributed by atoms with E-state index < -0.39 is 30.1 Å². The number of aliphatic hydroxyl groups excluding tert-OH is 2. The number of hydrogen-bond donors (Lipinski definition) is 2. The summed E-state index contributed by atoms with van der Waals surface area (Å²) in [5.74, 6) is 0. The minimum Gasteiger partial charge on any atom is -0.453 e. The molecular weight excluding hydrogens is 252 g/mol. The maximum absolute atomic E-state index is 11.2. The van der Waals surface area contributed by atoms with E-state index in [0.717, 1.165) is 0 Å². The average Bonchev–Trinajstić information content (AvgIpc) is 2.78. The van der Waals surface area contributed by atoms with E-state index in [0.29, 0.717) is 0 Å². The zero-order valence-electron chi connectivity index (χ0n) is 8.49. The number of rotatable bonds is 1. The van der Waals surface area contributed by atoms with Gasteiger partial charge in [-0.25, -0.2) is 0 Å². The number of ether oxygens (including phenoxy) is 2. The summed E-state index contributed by atoms with van der Waals surface area (Å²) in [6.07, 6.45) is -1.64. The van der Waals surface area contributed by atoms with E-state index in [1.54, 1.807) is 0 Å². The van der Waals surface area contributed by atoms with Crippen LogP contribution in [0.4, 0.5) is 0 Å². The van der Waals surface area contributed by atoms with E-state index in [1.807, 2.05) is 0 Å². The lowest BCUT2D eigenvalue weighted by Gasteiger charge is -2.14. The molecule has 1 aromatic rings. The van der Waals surface area contributed by atoms with Crippen molar-refractivity contribution in [3.63, 3.8) is 0 Å². The Morgan fingerprint density at radius 3 is 3.06 bits per heavy atom. The van der Waals surface area contributed by atoms with Crippen LogP contribution in [0.15, 0.2) is 11.0 Å². The van der Waals surface area contributed by atoms with Crippen LogP contribution in [0, 0.1) is 0 Å². The van der Waals surface area contributed by atoms with Crippen molar-refractivity contribution in [2.45, 2.75) is 24.5 Å². The summed E-state index contributed by atoms with van der Waals surface area (Å²) in [5, 5.41) is 18.8. The predicted molar refractivity (Wildman–Crippen MR) is 54.9 cm³/mol. The van der Waals surface area contributed by atoms with Crippen LogP contribution in [0.25, 0.3) is 0 Å². The molecule has 1 fully saturated rings. The van der Waals surface area contributed by atoms with E-state index in [2.05, 4.69) is 4.98 Å². The summed E-state index contributed by atoms with van der Waals surface area (Å²) in [5.41, 5.74) is -0.592. The average molecular weight is 261 g/mol. The third-order valence-electron chi connectivity index (χ3n) is 2.88. The largest absolute Gasteiger partial charge is 0.453 e. The lowest BCUT2D eigenvalue weighted by atomic mass is 10.1. The summed E-state index contributed by atoms with van der Waals surface area (Å²) in [6.45, 7) is -0.311. The molecule has 8 heteroatoms. The number of hydrogen-bond acceptors (Lipinski definition) is 6. The first-order valence-electron chi connectivity index (χ1n) is 5.01. The number of aliphatic hydroxyl groups is 2. The highest BCUT2D eigenvalue weighted by atomic mass is 35.5. The van der Waals surface area contributed by atoms with Crippen molar-refractivity contribution < 1.29 is 19.7 Å². The maximum atomic E-state index is 11.2. The first-order chi connectivity index (χ1) is 8.11. The quantitative estimate of drug-likeness (QED) is 0.666. The third-order valence-corrected chi connectivity index (χ3v) is 3.14. The highest BCUT2D eigenvalue weighted by molar-refractivity contribution is 6.30. The summed E-state index contributed by atoms with van der Waals surface area (Å²) < 4.78 is 12.2. The lowest BCUT2D eigenvalue weighted by Crippen LogP contribution is -2.34. The van der Waals surface area contributed by atoms with Gasteiger partial charge in [0.05, 0.1) is 6.61 Å². The van der Waals surface area contributed by atoms with Gasteiger partial charge in [-0.2, -0.15) is 4.98 Å². The zero-order chi connectivity index (χ0) is 12.2. The molecule has 0 saturated carbocycles. The van der Waals surface area contributed by atoms with Crippen molar-refractivity contribution in [3.8, 4) is 6.01 Å². The van der Waals surface area contributed by atoms with Gasteiger partial charge in [0, 0.05) is 6.20 Å². The Kier molecular flexibility index (Phi) is 2.37. The molecular formula is C9H9ClN2O5. The molecule has 0 aliphatic carbocycles. The minimum atomic E-state index is -0.972. The number of fused-ring (bicyclic) bond motifs is 3. The smallest absolute Gasteiger partial charge is 0.302 e. The van der Waals surface area contributed by atoms with Crippen molar-refractivity contribution in [1.82, 2.24) is 9.55 Å². The van der Waals surface area contributed by atoms with Crippen LogP contribution >= 0.6 is 11.6 Å². The molecule has 0 bridgehead atoms. The van der Waals surface area contributed by atoms with Gasteiger partial charge < -0.3 is 19.7 Å². The molecule has 92 valence electrons. The fourth-order valence-corrected chi connectivity index (χ4v) is 2.19. The van der Waals surface area contributed by atoms with Gasteiger partial charge >= 0.3 is 6.01 Å². The molecule has 0 radical (unpaired) electrons. The summed E-state index contributed by atoms with van der Waals surface area (Å²) in [4.78, 5) is 14.8. The summed E-state index contributed by atoms with van der Waals surface area (Å²) in [7, 11) is 0. The molecule has 2 N–H and O–H groups in total. The van der Waals surface area contributed by atoms with Crippen molar-refractivity contribution in [2.75, 3.05) is 6.61 Å². The fourth-order valence-electron chi connectivity index (χ4n) is 2.04. The van der Waals surface area contributed by atoms with Gasteiger partial charge in [0.15, 0.2) is 12.3 Å². The van der Waals surface area contributed by atoms with E-state index >= 15 is 0 Å². The summed E-state index contributed by atoms with van der Waals surface area (Å²) >= 11 is 5.67. The lowest BCUT2D eigenvalue weighted by molar-refractivity contribution is -0.0434. The van der Waals surface area contributed by atoms with Crippen molar-refractivity contribution in [3.05, 3.63) is 21.6 Å². The molecule has 3 rings (SSSR count). The first kappa shape index (κ1) is 11.0. The Labute approximate surface area is 100 Å². The Morgan fingerprint density at radius 1 is 1.59 bits per heavy atom. The van der Waals surface area contributed by atoms with Crippen molar-refractivity contribution >= 4 is 11.6 Å². The Balaban J connectivity index is 2.02. The molecule has 7 nitrogen and oxygen atoms in total. The first-order valence-corrected chi connectivity index (χ1v) is 5.39. The van der Waals surface area contributed by atoms with Crippen molar-refractivity contribution in [2.24, 2.45) is 0 Å². The van der Waals surface area contributed by atoms with Crippen LogP contribution in [-0.2, 0) is 4.74 Å². The summed E-state index contributed by atoms with van der Waals surface area (Å²) in [6, 6.07) is 0.0600. The van der Waals surface area contributed by atoms with Crippen LogP contribution in [0.1, 0.15) is 6.23 Å². The second-order valence-electron chi connectivity index (χ2n) is 3.90. The maximum Gasteiger partial charge on any atom is 0.302 e. The Hall–Kier alpha value is -1.15. The van der Waals surface area contributed by atoms with E-state index in [-0.39, 0.29) is 17.6 Å². The Morgan fingerprint density at radius 2 is 2.35 bits per heavy atom. The SMILES string of the molecule is O=c1nc2n(cc1Cl)[C@@H]1OC(CO)[C@H](O)[C@H]1O2.